The molecule has 4 rings (SSSR count). The number of hydrogen-bond donors (Lipinski definition) is 0. The van der Waals surface area contributed by atoms with Crippen LogP contribution >= 0.6 is 0 Å². The maximum atomic E-state index is 12.7. The summed E-state index contributed by atoms with van der Waals surface area (Å²) in [6, 6.07) is 2.29. The molecule has 24 heavy (non-hydrogen) atoms. The largest absolute Gasteiger partial charge is 0.381 e. The van der Waals surface area contributed by atoms with Gasteiger partial charge in [-0.3, -0.25) is 4.79 Å². The second-order valence-corrected chi connectivity index (χ2v) is 6.77. The number of carbonyl (C=O) groups is 1. The lowest BCUT2D eigenvalue weighted by molar-refractivity contribution is 0.0704. The van der Waals surface area contributed by atoms with E-state index in [2.05, 4.69) is 14.5 Å². The summed E-state index contributed by atoms with van der Waals surface area (Å²) in [5.41, 5.74) is 2.33. The van der Waals surface area contributed by atoms with Crippen molar-refractivity contribution in [3.63, 3.8) is 0 Å². The van der Waals surface area contributed by atoms with Gasteiger partial charge in [0.1, 0.15) is 5.52 Å². The summed E-state index contributed by atoms with van der Waals surface area (Å²) >= 11 is 0. The summed E-state index contributed by atoms with van der Waals surface area (Å²) in [7, 11) is 0. The zero-order chi connectivity index (χ0) is 16.4. The minimum absolute atomic E-state index is 0.0897. The van der Waals surface area contributed by atoms with E-state index in [0.717, 1.165) is 63.2 Å². The molecule has 2 fully saturated rings. The molecule has 0 bridgehead atoms. The highest BCUT2D eigenvalue weighted by molar-refractivity contribution is 5.96. The maximum absolute atomic E-state index is 12.7. The fourth-order valence-corrected chi connectivity index (χ4v) is 3.72. The summed E-state index contributed by atoms with van der Waals surface area (Å²) < 4.78 is 7.57. The van der Waals surface area contributed by atoms with Gasteiger partial charge in [-0.25, -0.2) is 9.97 Å². The summed E-state index contributed by atoms with van der Waals surface area (Å²) in [6.07, 6.45) is 10.2. The molecule has 0 atom stereocenters. The molecule has 4 heterocycles. The van der Waals surface area contributed by atoms with Gasteiger partial charge in [0, 0.05) is 38.5 Å². The van der Waals surface area contributed by atoms with Crippen molar-refractivity contribution in [2.75, 3.05) is 26.3 Å². The molecule has 0 unspecified atom stereocenters. The van der Waals surface area contributed by atoms with Crippen molar-refractivity contribution in [3.8, 4) is 0 Å². The normalized spacial score (nSPS) is 20.2. The highest BCUT2D eigenvalue weighted by Crippen LogP contribution is 2.25. The Labute approximate surface area is 141 Å². The van der Waals surface area contributed by atoms with Gasteiger partial charge in [0.15, 0.2) is 5.65 Å². The number of rotatable bonds is 2. The predicted octanol–water partition coefficient (Wildman–Crippen LogP) is 2.80. The smallest absolute Gasteiger partial charge is 0.255 e. The summed E-state index contributed by atoms with van der Waals surface area (Å²) in [5, 5.41) is 0. The maximum Gasteiger partial charge on any atom is 0.255 e. The second-order valence-electron chi connectivity index (χ2n) is 6.77. The Morgan fingerprint density at radius 1 is 1.08 bits per heavy atom. The molecule has 2 saturated heterocycles. The number of imidazole rings is 1. The van der Waals surface area contributed by atoms with Crippen LogP contribution in [-0.4, -0.2) is 51.6 Å². The van der Waals surface area contributed by atoms with Crippen molar-refractivity contribution in [3.05, 3.63) is 24.2 Å². The Balaban J connectivity index is 1.58. The molecular weight excluding hydrogens is 304 g/mol. The fraction of sp³-hybridized carbons (Fsp3) is 0.611. The molecule has 0 aliphatic carbocycles. The lowest BCUT2D eigenvalue weighted by atomic mass is 10.1. The molecule has 128 valence electrons. The van der Waals surface area contributed by atoms with Gasteiger partial charge < -0.3 is 14.2 Å². The van der Waals surface area contributed by atoms with E-state index in [0.29, 0.717) is 11.6 Å². The molecule has 6 heteroatoms. The van der Waals surface area contributed by atoms with Crippen LogP contribution in [0.15, 0.2) is 18.6 Å². The molecule has 2 aliphatic rings. The van der Waals surface area contributed by atoms with Crippen LogP contribution in [0.1, 0.15) is 54.9 Å². The molecule has 2 aromatic heterocycles. The number of fused-ring (bicyclic) bond motifs is 1. The molecule has 6 nitrogen and oxygen atoms in total. The Kier molecular flexibility index (Phi) is 4.47. The third-order valence-corrected chi connectivity index (χ3v) is 5.14. The minimum Gasteiger partial charge on any atom is -0.381 e. The molecular formula is C18H24N4O2. The van der Waals surface area contributed by atoms with E-state index < -0.39 is 0 Å². The first-order chi connectivity index (χ1) is 11.8. The molecule has 1 amide bonds. The Morgan fingerprint density at radius 2 is 1.83 bits per heavy atom. The number of aromatic nitrogens is 3. The Bertz CT molecular complexity index is 713. The van der Waals surface area contributed by atoms with E-state index in [1.54, 1.807) is 6.20 Å². The monoisotopic (exact) mass is 328 g/mol. The first kappa shape index (κ1) is 15.6. The molecule has 0 aromatic carbocycles. The van der Waals surface area contributed by atoms with Gasteiger partial charge in [-0.05, 0) is 31.7 Å². The molecule has 0 saturated carbocycles. The van der Waals surface area contributed by atoms with E-state index >= 15 is 0 Å². The predicted molar refractivity (Wildman–Crippen MR) is 91.0 cm³/mol. The zero-order valence-corrected chi connectivity index (χ0v) is 14.0. The van der Waals surface area contributed by atoms with Crippen LogP contribution in [0.5, 0.6) is 0 Å². The van der Waals surface area contributed by atoms with Gasteiger partial charge in [-0.1, -0.05) is 12.8 Å². The van der Waals surface area contributed by atoms with Gasteiger partial charge in [0.2, 0.25) is 0 Å². The van der Waals surface area contributed by atoms with Crippen LogP contribution in [0, 0.1) is 0 Å². The SMILES string of the molecule is O=C(c1cnc2c(c1)ncn2C1CCOCC1)N1CCCCCC1. The van der Waals surface area contributed by atoms with E-state index in [4.69, 9.17) is 4.74 Å². The standard InChI is InChI=1S/C18H24N4O2/c23-18(21-7-3-1-2-4-8-21)14-11-16-17(19-12-14)22(13-20-16)15-5-9-24-10-6-15/h11-13,15H,1-10H2. The minimum atomic E-state index is 0.0897. The topological polar surface area (TPSA) is 60.3 Å². The van der Waals surface area contributed by atoms with Crippen molar-refractivity contribution < 1.29 is 9.53 Å². The van der Waals surface area contributed by atoms with Crippen LogP contribution in [0.3, 0.4) is 0 Å². The van der Waals surface area contributed by atoms with Gasteiger partial charge >= 0.3 is 0 Å². The molecule has 0 N–H and O–H groups in total. The van der Waals surface area contributed by atoms with Crippen LogP contribution in [0.4, 0.5) is 0 Å². The third kappa shape index (κ3) is 3.02. The van der Waals surface area contributed by atoms with Crippen LogP contribution in [0.2, 0.25) is 0 Å². The Hall–Kier alpha value is -1.95. The van der Waals surface area contributed by atoms with Gasteiger partial charge in [0.05, 0.1) is 11.9 Å². The number of nitrogens with zero attached hydrogens (tertiary/aromatic N) is 4. The van der Waals surface area contributed by atoms with E-state index in [-0.39, 0.29) is 5.91 Å². The average Bonchev–Trinajstić information content (AvgIpc) is 2.86. The van der Waals surface area contributed by atoms with Crippen molar-refractivity contribution in [1.29, 1.82) is 0 Å². The van der Waals surface area contributed by atoms with E-state index in [9.17, 15) is 4.79 Å². The number of likely N-dealkylation sites (tertiary alicyclic amines) is 1. The van der Waals surface area contributed by atoms with Crippen molar-refractivity contribution in [2.45, 2.75) is 44.6 Å². The van der Waals surface area contributed by atoms with Crippen molar-refractivity contribution in [1.82, 2.24) is 19.4 Å². The summed E-state index contributed by atoms with van der Waals surface area (Å²) in [6.45, 7) is 3.28. The van der Waals surface area contributed by atoms with Crippen LogP contribution < -0.4 is 0 Å². The first-order valence-electron chi connectivity index (χ1n) is 9.02. The molecule has 2 aromatic rings. The number of pyridine rings is 1. The van der Waals surface area contributed by atoms with Crippen molar-refractivity contribution in [2.24, 2.45) is 0 Å². The lowest BCUT2D eigenvalue weighted by Gasteiger charge is -2.23. The molecule has 2 aliphatic heterocycles. The van der Waals surface area contributed by atoms with Gasteiger partial charge in [0.25, 0.3) is 5.91 Å². The average molecular weight is 328 g/mol. The highest BCUT2D eigenvalue weighted by Gasteiger charge is 2.21. The first-order valence-corrected chi connectivity index (χ1v) is 9.02. The quantitative estimate of drug-likeness (QED) is 0.850. The van der Waals surface area contributed by atoms with Gasteiger partial charge in [-0.15, -0.1) is 0 Å². The summed E-state index contributed by atoms with van der Waals surface area (Å²) in [4.78, 5) is 23.8. The second kappa shape index (κ2) is 6.89. The van der Waals surface area contributed by atoms with E-state index in [1.165, 1.54) is 12.8 Å². The molecule has 0 radical (unpaired) electrons. The van der Waals surface area contributed by atoms with Crippen LogP contribution in [0.25, 0.3) is 11.2 Å². The highest BCUT2D eigenvalue weighted by atomic mass is 16.5. The molecule has 0 spiro atoms. The summed E-state index contributed by atoms with van der Waals surface area (Å²) in [5.74, 6) is 0.0897. The number of amides is 1. The lowest BCUT2D eigenvalue weighted by Crippen LogP contribution is -2.31. The zero-order valence-electron chi connectivity index (χ0n) is 14.0. The van der Waals surface area contributed by atoms with E-state index in [1.807, 2.05) is 17.3 Å². The number of ether oxygens (including phenoxy) is 1. The third-order valence-electron chi connectivity index (χ3n) is 5.14. The number of hydrogen-bond acceptors (Lipinski definition) is 4. The van der Waals surface area contributed by atoms with Crippen molar-refractivity contribution >= 4 is 17.1 Å². The fourth-order valence-electron chi connectivity index (χ4n) is 3.72. The Morgan fingerprint density at radius 3 is 2.58 bits per heavy atom. The number of carbonyl (C=O) groups excluding carboxylic acids is 1. The van der Waals surface area contributed by atoms with Gasteiger partial charge in [-0.2, -0.15) is 0 Å². The van der Waals surface area contributed by atoms with Crippen LogP contribution in [-0.2, 0) is 4.74 Å².